The fraction of sp³-hybridized carbons (Fsp3) is 0.389. The minimum Gasteiger partial charge on any atom is -0.373 e. The van der Waals surface area contributed by atoms with Crippen LogP contribution in [0.2, 0.25) is 0 Å². The number of nitrogens with zero attached hydrogens (tertiary/aromatic N) is 4. The smallest absolute Gasteiger partial charge is 0.241 e. The van der Waals surface area contributed by atoms with Crippen molar-refractivity contribution in [3.8, 4) is 11.4 Å². The van der Waals surface area contributed by atoms with Gasteiger partial charge in [-0.15, -0.1) is 11.3 Å². The van der Waals surface area contributed by atoms with Gasteiger partial charge in [0, 0.05) is 40.9 Å². The van der Waals surface area contributed by atoms with Crippen LogP contribution in [0.3, 0.4) is 0 Å². The Morgan fingerprint density at radius 1 is 1.28 bits per heavy atom. The van der Waals surface area contributed by atoms with Gasteiger partial charge in [-0.2, -0.15) is 4.98 Å². The van der Waals surface area contributed by atoms with E-state index in [1.807, 2.05) is 23.5 Å². The van der Waals surface area contributed by atoms with Gasteiger partial charge in [-0.25, -0.2) is 0 Å². The zero-order chi connectivity index (χ0) is 17.1. The first kappa shape index (κ1) is 16.4. The third-order valence-corrected chi connectivity index (χ3v) is 5.31. The van der Waals surface area contributed by atoms with Crippen LogP contribution in [-0.2, 0) is 17.8 Å². The van der Waals surface area contributed by atoms with Gasteiger partial charge in [0.05, 0.1) is 12.6 Å². The summed E-state index contributed by atoms with van der Waals surface area (Å²) in [4.78, 5) is 13.4. The van der Waals surface area contributed by atoms with E-state index in [-0.39, 0.29) is 0 Å². The molecule has 0 saturated carbocycles. The molecule has 4 heterocycles. The van der Waals surface area contributed by atoms with Crippen LogP contribution >= 0.6 is 11.3 Å². The van der Waals surface area contributed by atoms with Crippen LogP contribution in [0.4, 0.5) is 0 Å². The Balaban J connectivity index is 1.36. The number of pyridine rings is 1. The summed E-state index contributed by atoms with van der Waals surface area (Å²) in [5.41, 5.74) is 0.861. The van der Waals surface area contributed by atoms with Gasteiger partial charge >= 0.3 is 0 Å². The van der Waals surface area contributed by atoms with Crippen LogP contribution in [0.15, 0.2) is 41.2 Å². The summed E-state index contributed by atoms with van der Waals surface area (Å²) in [7, 11) is 2.05. The van der Waals surface area contributed by atoms with Crippen molar-refractivity contribution < 1.29 is 9.26 Å². The maximum atomic E-state index is 5.76. The summed E-state index contributed by atoms with van der Waals surface area (Å²) >= 11 is 1.83. The van der Waals surface area contributed by atoms with E-state index in [1.54, 1.807) is 12.4 Å². The molecule has 1 saturated heterocycles. The summed E-state index contributed by atoms with van der Waals surface area (Å²) in [6.07, 6.45) is 6.05. The molecule has 0 amide bonds. The van der Waals surface area contributed by atoms with Gasteiger partial charge < -0.3 is 9.26 Å². The molecule has 25 heavy (non-hydrogen) atoms. The molecule has 0 spiro atoms. The minimum atomic E-state index is 0.294. The molecule has 0 N–H and O–H groups in total. The predicted molar refractivity (Wildman–Crippen MR) is 94.9 cm³/mol. The number of aromatic nitrogens is 3. The number of hydrogen-bond donors (Lipinski definition) is 0. The normalized spacial score (nSPS) is 17.4. The standard InChI is InChI=1S/C18H20N4O2S/c1-22(11-14-6-7-16(25-14)15-5-3-9-23-15)12-17-20-18(21-24-17)13-4-2-8-19-10-13/h2,4,6-8,10,15H,3,5,9,11-12H2,1H3/t15-/m0/s1. The van der Waals surface area contributed by atoms with E-state index in [0.717, 1.165) is 31.6 Å². The fourth-order valence-electron chi connectivity index (χ4n) is 2.94. The van der Waals surface area contributed by atoms with Crippen molar-refractivity contribution in [1.82, 2.24) is 20.0 Å². The van der Waals surface area contributed by atoms with Crippen molar-refractivity contribution in [2.45, 2.75) is 32.0 Å². The zero-order valence-electron chi connectivity index (χ0n) is 14.1. The molecule has 4 rings (SSSR count). The fourth-order valence-corrected chi connectivity index (χ4v) is 4.12. The highest BCUT2D eigenvalue weighted by molar-refractivity contribution is 7.12. The Morgan fingerprint density at radius 3 is 3.04 bits per heavy atom. The molecule has 0 bridgehead atoms. The van der Waals surface area contributed by atoms with Gasteiger partial charge in [-0.05, 0) is 44.2 Å². The molecule has 3 aromatic rings. The highest BCUT2D eigenvalue weighted by atomic mass is 32.1. The van der Waals surface area contributed by atoms with Crippen LogP contribution < -0.4 is 0 Å². The molecule has 1 fully saturated rings. The molecule has 1 atom stereocenters. The van der Waals surface area contributed by atoms with Crippen molar-refractivity contribution in [2.24, 2.45) is 0 Å². The lowest BCUT2D eigenvalue weighted by molar-refractivity contribution is 0.114. The lowest BCUT2D eigenvalue weighted by atomic mass is 10.2. The first-order valence-corrected chi connectivity index (χ1v) is 9.21. The number of ether oxygens (including phenoxy) is 1. The van der Waals surface area contributed by atoms with Crippen LogP contribution in [0.5, 0.6) is 0 Å². The SMILES string of the molecule is CN(Cc1nc(-c2cccnc2)no1)Cc1ccc([C@@H]2CCCO2)s1. The highest BCUT2D eigenvalue weighted by Gasteiger charge is 2.20. The van der Waals surface area contributed by atoms with Gasteiger partial charge in [-0.1, -0.05) is 5.16 Å². The molecule has 0 unspecified atom stereocenters. The lowest BCUT2D eigenvalue weighted by Gasteiger charge is -2.12. The van der Waals surface area contributed by atoms with E-state index in [9.17, 15) is 0 Å². The van der Waals surface area contributed by atoms with E-state index in [1.165, 1.54) is 9.75 Å². The first-order chi connectivity index (χ1) is 12.3. The van der Waals surface area contributed by atoms with Crippen molar-refractivity contribution in [2.75, 3.05) is 13.7 Å². The second kappa shape index (κ2) is 7.43. The number of rotatable bonds is 6. The van der Waals surface area contributed by atoms with Crippen molar-refractivity contribution in [1.29, 1.82) is 0 Å². The maximum Gasteiger partial charge on any atom is 0.241 e. The third-order valence-electron chi connectivity index (χ3n) is 4.15. The number of hydrogen-bond acceptors (Lipinski definition) is 7. The topological polar surface area (TPSA) is 64.3 Å². The highest BCUT2D eigenvalue weighted by Crippen LogP contribution is 2.33. The molecule has 0 aliphatic carbocycles. The second-order valence-electron chi connectivity index (χ2n) is 6.23. The summed E-state index contributed by atoms with van der Waals surface area (Å²) in [6, 6.07) is 8.16. The summed E-state index contributed by atoms with van der Waals surface area (Å²) < 4.78 is 11.1. The van der Waals surface area contributed by atoms with Gasteiger partial charge in [0.2, 0.25) is 11.7 Å². The largest absolute Gasteiger partial charge is 0.373 e. The first-order valence-electron chi connectivity index (χ1n) is 8.39. The predicted octanol–water partition coefficient (Wildman–Crippen LogP) is 3.68. The van der Waals surface area contributed by atoms with Crippen molar-refractivity contribution in [3.05, 3.63) is 52.3 Å². The Labute approximate surface area is 150 Å². The quantitative estimate of drug-likeness (QED) is 0.671. The third kappa shape index (κ3) is 3.95. The van der Waals surface area contributed by atoms with Crippen molar-refractivity contribution in [3.63, 3.8) is 0 Å². The van der Waals surface area contributed by atoms with Gasteiger partial charge in [0.1, 0.15) is 0 Å². The Bertz CT molecular complexity index is 811. The van der Waals surface area contributed by atoms with Crippen molar-refractivity contribution >= 4 is 11.3 Å². The summed E-state index contributed by atoms with van der Waals surface area (Å²) in [5, 5.41) is 4.04. The van der Waals surface area contributed by atoms with E-state index in [2.05, 4.69) is 39.2 Å². The molecule has 7 heteroatoms. The van der Waals surface area contributed by atoms with E-state index in [4.69, 9.17) is 9.26 Å². The molecule has 6 nitrogen and oxygen atoms in total. The zero-order valence-corrected chi connectivity index (χ0v) is 14.9. The lowest BCUT2D eigenvalue weighted by Crippen LogP contribution is -2.16. The molecule has 1 aliphatic rings. The molecular formula is C18H20N4O2S. The van der Waals surface area contributed by atoms with Crippen LogP contribution in [0.1, 0.15) is 34.6 Å². The van der Waals surface area contributed by atoms with E-state index < -0.39 is 0 Å². The average molecular weight is 356 g/mol. The molecule has 130 valence electrons. The monoisotopic (exact) mass is 356 g/mol. The molecule has 3 aromatic heterocycles. The van der Waals surface area contributed by atoms with E-state index in [0.29, 0.717) is 24.4 Å². The van der Waals surface area contributed by atoms with Crippen LogP contribution in [0.25, 0.3) is 11.4 Å². The Morgan fingerprint density at radius 2 is 2.24 bits per heavy atom. The van der Waals surface area contributed by atoms with Gasteiger partial charge in [0.15, 0.2) is 0 Å². The Kier molecular flexibility index (Phi) is 4.87. The summed E-state index contributed by atoms with van der Waals surface area (Å²) in [6.45, 7) is 2.34. The average Bonchev–Trinajstić information content (AvgIpc) is 3.37. The molecule has 0 aromatic carbocycles. The minimum absolute atomic E-state index is 0.294. The molecule has 0 radical (unpaired) electrons. The Hall–Kier alpha value is -2.09. The second-order valence-corrected chi connectivity index (χ2v) is 7.43. The van der Waals surface area contributed by atoms with Crippen LogP contribution in [0, 0.1) is 0 Å². The van der Waals surface area contributed by atoms with Gasteiger partial charge in [0.25, 0.3) is 0 Å². The van der Waals surface area contributed by atoms with Gasteiger partial charge in [-0.3, -0.25) is 9.88 Å². The van der Waals surface area contributed by atoms with Crippen LogP contribution in [-0.4, -0.2) is 33.7 Å². The summed E-state index contributed by atoms with van der Waals surface area (Å²) in [5.74, 6) is 1.19. The maximum absolute atomic E-state index is 5.76. The van der Waals surface area contributed by atoms with E-state index >= 15 is 0 Å². The number of thiophene rings is 1. The molecular weight excluding hydrogens is 336 g/mol. The molecule has 1 aliphatic heterocycles.